The Bertz CT molecular complexity index is 2700. The third-order valence-electron chi connectivity index (χ3n) is 13.5. The molecule has 4 rings (SSSR count). The summed E-state index contributed by atoms with van der Waals surface area (Å²) < 4.78 is 30.1. The fourth-order valence-corrected chi connectivity index (χ4v) is 8.88. The molecule has 5 N–H and O–H groups in total. The minimum absolute atomic E-state index is 0.136. The third-order valence-corrected chi connectivity index (χ3v) is 13.5. The van der Waals surface area contributed by atoms with Gasteiger partial charge in [0.15, 0.2) is 41.7 Å². The number of allylic oxidation sites excluding steroid dienone is 20. The van der Waals surface area contributed by atoms with Gasteiger partial charge < -0.3 is 54.0 Å². The monoisotopic (exact) mass is 1140 g/mol. The normalized spacial score (nSPS) is 22.4. The van der Waals surface area contributed by atoms with Crippen molar-refractivity contribution in [3.63, 3.8) is 0 Å². The van der Waals surface area contributed by atoms with E-state index in [0.29, 0.717) is 17.6 Å². The number of hydrogen-bond donors (Lipinski definition) is 5. The van der Waals surface area contributed by atoms with Crippen molar-refractivity contribution >= 4 is 47.4 Å². The first kappa shape index (κ1) is 68.1. The van der Waals surface area contributed by atoms with Gasteiger partial charge in [-0.15, -0.1) is 0 Å². The molecule has 19 nitrogen and oxygen atoms in total. The lowest BCUT2D eigenvalue weighted by atomic mass is 9.71. The van der Waals surface area contributed by atoms with Gasteiger partial charge >= 0.3 is 35.8 Å². The Balaban J connectivity index is 0.000000430. The lowest BCUT2D eigenvalue weighted by Crippen LogP contribution is -2.39. The Morgan fingerprint density at radius 2 is 0.915 bits per heavy atom. The highest BCUT2D eigenvalue weighted by Gasteiger charge is 2.43. The van der Waals surface area contributed by atoms with E-state index in [0.717, 1.165) is 33.4 Å². The Labute approximate surface area is 479 Å². The molecule has 2 heterocycles. The molecule has 0 aromatic rings. The van der Waals surface area contributed by atoms with Crippen LogP contribution in [-0.2, 0) is 66.8 Å². The van der Waals surface area contributed by atoms with Gasteiger partial charge in [-0.2, -0.15) is 0 Å². The van der Waals surface area contributed by atoms with Crippen LogP contribution in [0.15, 0.2) is 166 Å². The number of aliphatic hydroxyl groups is 5. The van der Waals surface area contributed by atoms with E-state index in [9.17, 15) is 63.9 Å². The second kappa shape index (κ2) is 31.2. The molecule has 0 amide bonds. The van der Waals surface area contributed by atoms with Gasteiger partial charge in [-0.05, 0) is 81.6 Å². The summed E-state index contributed by atoms with van der Waals surface area (Å²) in [5.74, 6) is -8.36. The van der Waals surface area contributed by atoms with Gasteiger partial charge in [0.25, 0.3) is 0 Å². The number of carbonyl (C=O) groups excluding carboxylic acids is 8. The number of rotatable bonds is 24. The average molecular weight is 1140 g/mol. The molecule has 444 valence electrons. The Morgan fingerprint density at radius 3 is 1.27 bits per heavy atom. The number of esters is 6. The van der Waals surface area contributed by atoms with E-state index < -0.39 is 114 Å². The maximum Gasteiger partial charge on any atom is 0.377 e. The van der Waals surface area contributed by atoms with Crippen LogP contribution >= 0.6 is 0 Å². The van der Waals surface area contributed by atoms with E-state index in [1.807, 2.05) is 128 Å². The molecule has 0 radical (unpaired) electrons. The lowest BCUT2D eigenvalue weighted by Gasteiger charge is -2.36. The first-order chi connectivity index (χ1) is 38.3. The van der Waals surface area contributed by atoms with Crippen molar-refractivity contribution in [3.05, 3.63) is 166 Å². The smallest absolute Gasteiger partial charge is 0.377 e. The highest BCUT2D eigenvalue weighted by molar-refractivity contribution is 6.02. The fraction of sp³-hybridized carbons (Fsp3) is 0.429. The van der Waals surface area contributed by atoms with Gasteiger partial charge in [0.1, 0.15) is 25.4 Å². The van der Waals surface area contributed by atoms with Gasteiger partial charge in [-0.1, -0.05) is 148 Å². The van der Waals surface area contributed by atoms with Crippen LogP contribution in [0.1, 0.15) is 115 Å². The first-order valence-electron chi connectivity index (χ1n) is 26.5. The van der Waals surface area contributed by atoms with E-state index in [1.165, 1.54) is 6.92 Å². The minimum Gasteiger partial charge on any atom is -0.505 e. The largest absolute Gasteiger partial charge is 0.505 e. The molecule has 2 aliphatic carbocycles. The molecule has 0 saturated heterocycles. The van der Waals surface area contributed by atoms with Gasteiger partial charge in [0.2, 0.25) is 11.5 Å². The van der Waals surface area contributed by atoms with Crippen LogP contribution in [0.4, 0.5) is 0 Å². The highest BCUT2D eigenvalue weighted by Crippen LogP contribution is 2.42. The van der Waals surface area contributed by atoms with E-state index in [4.69, 9.17) is 23.7 Å². The number of ketones is 2. The van der Waals surface area contributed by atoms with Crippen LogP contribution in [0.25, 0.3) is 0 Å². The van der Waals surface area contributed by atoms with Crippen molar-refractivity contribution in [2.24, 2.45) is 10.8 Å². The summed E-state index contributed by atoms with van der Waals surface area (Å²) in [6, 6.07) is 0. The molecular weight excluding hydrogens is 1060 g/mol. The molecule has 6 atom stereocenters. The molecule has 82 heavy (non-hydrogen) atoms. The van der Waals surface area contributed by atoms with Crippen LogP contribution in [0, 0.1) is 10.8 Å². The van der Waals surface area contributed by atoms with Crippen molar-refractivity contribution in [3.8, 4) is 0 Å². The highest BCUT2D eigenvalue weighted by atomic mass is 16.6. The van der Waals surface area contributed by atoms with Gasteiger partial charge in [-0.3, -0.25) is 28.8 Å². The van der Waals surface area contributed by atoms with Gasteiger partial charge in [0.05, 0.1) is 25.7 Å². The minimum atomic E-state index is -1.63. The second-order valence-electron chi connectivity index (χ2n) is 21.4. The SMILES string of the molecule is C=C/C=C(C)/C=C/C=C(C)/C=C/C1=C(C)C(=O)C(OC(=O)CCC(=O)OCC(O)C2OC(=O)C(O)=C2C)CC1(C)C.C=C/C=C(C)/C=C/C=C(C)/C=C/C1=C(C)C(=O)C(OC(=O)CCC(=O)OCC(O)C2OC(=O)C(O)=C2O)CC1(C)C. The van der Waals surface area contributed by atoms with Crippen molar-refractivity contribution in [2.45, 2.75) is 151 Å². The van der Waals surface area contributed by atoms with Crippen LogP contribution < -0.4 is 0 Å². The lowest BCUT2D eigenvalue weighted by molar-refractivity contribution is -0.160. The molecule has 0 fully saturated rings. The van der Waals surface area contributed by atoms with Crippen LogP contribution in [0.5, 0.6) is 0 Å². The summed E-state index contributed by atoms with van der Waals surface area (Å²) in [5, 5.41) is 48.5. The Hall–Kier alpha value is -8.16. The zero-order chi connectivity index (χ0) is 61.8. The molecule has 0 saturated carbocycles. The van der Waals surface area contributed by atoms with E-state index in [-0.39, 0.29) is 49.2 Å². The van der Waals surface area contributed by atoms with Crippen LogP contribution in [-0.4, -0.2) is 123 Å². The van der Waals surface area contributed by atoms with E-state index in [1.54, 1.807) is 26.0 Å². The Morgan fingerprint density at radius 1 is 0.561 bits per heavy atom. The van der Waals surface area contributed by atoms with Crippen LogP contribution in [0.2, 0.25) is 0 Å². The summed E-state index contributed by atoms with van der Waals surface area (Å²) in [5.41, 5.74) is 6.06. The number of ether oxygens (including phenoxy) is 6. The molecule has 0 aromatic carbocycles. The summed E-state index contributed by atoms with van der Waals surface area (Å²) in [6.45, 7) is 26.8. The molecular formula is C63H78O19. The van der Waals surface area contributed by atoms with E-state index >= 15 is 0 Å². The number of Topliss-reactive ketones (excluding diaryl/α,β-unsaturated/α-hetero) is 2. The van der Waals surface area contributed by atoms with Crippen LogP contribution in [0.3, 0.4) is 0 Å². The molecule has 0 bridgehead atoms. The zero-order valence-electron chi connectivity index (χ0n) is 48.6. The number of aliphatic hydroxyl groups excluding tert-OH is 5. The number of carbonyl (C=O) groups is 8. The fourth-order valence-electron chi connectivity index (χ4n) is 8.88. The molecule has 19 heteroatoms. The molecule has 2 aliphatic heterocycles. The van der Waals surface area contributed by atoms with Crippen molar-refractivity contribution in [1.29, 1.82) is 0 Å². The second-order valence-corrected chi connectivity index (χ2v) is 21.4. The first-order valence-corrected chi connectivity index (χ1v) is 26.5. The van der Waals surface area contributed by atoms with Crippen molar-refractivity contribution in [2.75, 3.05) is 13.2 Å². The third kappa shape index (κ3) is 20.1. The van der Waals surface area contributed by atoms with Crippen molar-refractivity contribution < 1.29 is 92.3 Å². The molecule has 4 aliphatic rings. The summed E-state index contributed by atoms with van der Waals surface area (Å²) in [6.07, 6.45) is 18.2. The maximum atomic E-state index is 13.0. The maximum absolute atomic E-state index is 13.0. The topological polar surface area (TPSA) is 293 Å². The summed E-state index contributed by atoms with van der Waals surface area (Å²) in [7, 11) is 0. The number of cyclic esters (lactones) is 2. The molecule has 0 spiro atoms. The summed E-state index contributed by atoms with van der Waals surface area (Å²) >= 11 is 0. The predicted octanol–water partition coefficient (Wildman–Crippen LogP) is 9.19. The number of hydrogen-bond acceptors (Lipinski definition) is 19. The van der Waals surface area contributed by atoms with Gasteiger partial charge in [-0.25, -0.2) is 9.59 Å². The van der Waals surface area contributed by atoms with E-state index in [2.05, 4.69) is 17.9 Å². The Kier molecular flexibility index (Phi) is 25.9. The average Bonchev–Trinajstić information content (AvgIpc) is 4.00. The van der Waals surface area contributed by atoms with Crippen molar-refractivity contribution in [1.82, 2.24) is 0 Å². The van der Waals surface area contributed by atoms with Gasteiger partial charge in [0, 0.05) is 18.4 Å². The zero-order valence-corrected chi connectivity index (χ0v) is 48.6. The standard InChI is InChI=1S/C32H40O9.C31H38O10/c1-8-10-19(2)11-9-12-20(3)13-14-23-21(4)28(36)25(17-32(23,6)7)40-27(35)16-15-26(34)39-18-24(33)30-22(5)29(37)31(38)41-30;1-7-9-18(2)10-8-11-19(3)12-13-21-20(4)26(35)23(16-31(21,5)6)40-25(34)15-14-24(33)39-17-22(32)29-27(36)28(37)30(38)41-29/h8-14,24-25,30,33,37H,1,15-18H2,2-7H3;7-13,22-23,29,32,36-37H,1,14-17H2,2-6H3/b11-9+,14-13+,19-10+,20-12+;10-8+,13-12+,18-9+,19-11+. The molecule has 0 aromatic heterocycles. The molecule has 6 unspecified atom stereocenters. The summed E-state index contributed by atoms with van der Waals surface area (Å²) in [4.78, 5) is 97.6. The quantitative estimate of drug-likeness (QED) is 0.0342. The predicted molar refractivity (Wildman–Crippen MR) is 304 cm³/mol.